The van der Waals surface area contributed by atoms with Crippen LogP contribution in [0.15, 0.2) is 36.4 Å². The summed E-state index contributed by atoms with van der Waals surface area (Å²) in [6.45, 7) is 4.92. The van der Waals surface area contributed by atoms with E-state index in [0.29, 0.717) is 43.1 Å². The molecule has 0 aliphatic carbocycles. The van der Waals surface area contributed by atoms with Crippen LogP contribution in [0, 0.1) is 11.7 Å². The lowest BCUT2D eigenvalue weighted by molar-refractivity contribution is -0.0363. The molecule has 4 fully saturated rings. The molecule has 0 bridgehead atoms. The molecule has 6 heterocycles. The van der Waals surface area contributed by atoms with Gasteiger partial charge < -0.3 is 34.5 Å². The quantitative estimate of drug-likeness (QED) is 0.445. The smallest absolute Gasteiger partial charge is 0.151 e. The summed E-state index contributed by atoms with van der Waals surface area (Å²) >= 11 is 0. The summed E-state index contributed by atoms with van der Waals surface area (Å²) in [6.07, 6.45) is 4.84. The van der Waals surface area contributed by atoms with Gasteiger partial charge in [-0.2, -0.15) is 0 Å². The normalized spacial score (nSPS) is 28.4. The number of piperidine rings is 2. The third-order valence-electron chi connectivity index (χ3n) is 8.84. The Balaban J connectivity index is 1.00. The molecule has 2 aromatic heterocycles. The molecule has 4 aliphatic heterocycles. The van der Waals surface area contributed by atoms with Crippen LogP contribution in [-0.4, -0.2) is 85.0 Å². The summed E-state index contributed by atoms with van der Waals surface area (Å²) in [5.74, 6) is -0.190. The Morgan fingerprint density at radius 2 is 1.72 bits per heavy atom. The Kier molecular flexibility index (Phi) is 7.02. The van der Waals surface area contributed by atoms with Crippen molar-refractivity contribution in [2.75, 3.05) is 44.3 Å². The number of aliphatic hydroxyl groups excluding tert-OH is 1. The van der Waals surface area contributed by atoms with E-state index >= 15 is 4.39 Å². The van der Waals surface area contributed by atoms with Gasteiger partial charge in [0.1, 0.15) is 17.9 Å². The van der Waals surface area contributed by atoms with Crippen molar-refractivity contribution in [1.29, 1.82) is 0 Å². The minimum absolute atomic E-state index is 0.0991. The summed E-state index contributed by atoms with van der Waals surface area (Å²) < 4.78 is 33.0. The van der Waals surface area contributed by atoms with Crippen molar-refractivity contribution in [2.24, 2.45) is 5.92 Å². The lowest BCUT2D eigenvalue weighted by Crippen LogP contribution is -2.40. The highest BCUT2D eigenvalue weighted by Gasteiger charge is 2.46. The molecular weight excluding hydrogens is 499 g/mol. The molecule has 0 spiro atoms. The van der Waals surface area contributed by atoms with Crippen LogP contribution < -0.4 is 10.2 Å². The molecule has 8 nitrogen and oxygen atoms in total. The van der Waals surface area contributed by atoms with E-state index in [1.807, 2.05) is 18.2 Å². The van der Waals surface area contributed by atoms with Gasteiger partial charge in [0.15, 0.2) is 5.82 Å². The first-order valence-corrected chi connectivity index (χ1v) is 14.4. The summed E-state index contributed by atoms with van der Waals surface area (Å²) in [5.41, 5.74) is 4.67. The summed E-state index contributed by atoms with van der Waals surface area (Å²) in [6, 6.07) is 11.6. The first-order valence-electron chi connectivity index (χ1n) is 14.4. The second-order valence-electron chi connectivity index (χ2n) is 11.5. The highest BCUT2D eigenvalue weighted by atomic mass is 19.1. The molecule has 4 aliphatic rings. The molecule has 39 heavy (non-hydrogen) atoms. The number of pyridine rings is 1. The minimum atomic E-state index is -0.558. The van der Waals surface area contributed by atoms with Gasteiger partial charge in [0.05, 0.1) is 42.6 Å². The Labute approximate surface area is 227 Å². The van der Waals surface area contributed by atoms with Crippen molar-refractivity contribution in [3.63, 3.8) is 0 Å². The van der Waals surface area contributed by atoms with E-state index < -0.39 is 6.10 Å². The third-order valence-corrected chi connectivity index (χ3v) is 8.84. The van der Waals surface area contributed by atoms with Crippen LogP contribution in [0.3, 0.4) is 0 Å². The number of benzene rings is 1. The Hall–Kier alpha value is -2.56. The lowest BCUT2D eigenvalue weighted by Gasteiger charge is -2.36. The molecule has 7 rings (SSSR count). The fourth-order valence-electron chi connectivity index (χ4n) is 6.70. The number of nitrogens with zero attached hydrogens (tertiary/aromatic N) is 2. The largest absolute Gasteiger partial charge is 0.388 e. The van der Waals surface area contributed by atoms with Crippen molar-refractivity contribution in [3.8, 4) is 11.3 Å². The molecule has 0 radical (unpaired) electrons. The summed E-state index contributed by atoms with van der Waals surface area (Å²) in [4.78, 5) is 10.4. The molecule has 0 amide bonds. The number of nitrogens with one attached hydrogen (secondary N) is 2. The van der Waals surface area contributed by atoms with Gasteiger partial charge in [0, 0.05) is 42.0 Å². The summed E-state index contributed by atoms with van der Waals surface area (Å²) in [7, 11) is 0. The predicted octanol–water partition coefficient (Wildman–Crippen LogP) is 3.42. The highest BCUT2D eigenvalue weighted by Crippen LogP contribution is 2.34. The molecule has 9 heteroatoms. The zero-order valence-electron chi connectivity index (χ0n) is 22.2. The fourth-order valence-corrected chi connectivity index (χ4v) is 6.70. The van der Waals surface area contributed by atoms with Gasteiger partial charge in [0.25, 0.3) is 0 Å². The number of hydrogen-bond acceptors (Lipinski definition) is 7. The molecular formula is C30H37FN4O4. The first kappa shape index (κ1) is 25.4. The van der Waals surface area contributed by atoms with Crippen molar-refractivity contribution in [3.05, 3.63) is 47.9 Å². The van der Waals surface area contributed by atoms with Gasteiger partial charge in [-0.1, -0.05) is 12.1 Å². The van der Waals surface area contributed by atoms with Crippen LogP contribution >= 0.6 is 0 Å². The molecule has 4 saturated heterocycles. The topological polar surface area (TPSA) is 91.9 Å². The van der Waals surface area contributed by atoms with E-state index in [9.17, 15) is 5.11 Å². The number of aromatic nitrogens is 2. The first-order chi connectivity index (χ1) is 19.1. The monoisotopic (exact) mass is 536 g/mol. The molecule has 4 atom stereocenters. The maximum absolute atomic E-state index is 15.2. The number of anilines is 1. The van der Waals surface area contributed by atoms with E-state index in [-0.39, 0.29) is 23.9 Å². The number of fused-ring (bicyclic) bond motifs is 2. The van der Waals surface area contributed by atoms with E-state index in [4.69, 9.17) is 14.2 Å². The minimum Gasteiger partial charge on any atom is -0.388 e. The zero-order chi connectivity index (χ0) is 26.3. The maximum Gasteiger partial charge on any atom is 0.151 e. The van der Waals surface area contributed by atoms with Crippen molar-refractivity contribution < 1.29 is 23.7 Å². The van der Waals surface area contributed by atoms with Crippen LogP contribution in [0.5, 0.6) is 0 Å². The number of halogens is 1. The van der Waals surface area contributed by atoms with E-state index in [1.165, 1.54) is 6.07 Å². The number of aromatic amines is 1. The molecule has 208 valence electrons. The maximum atomic E-state index is 15.2. The highest BCUT2D eigenvalue weighted by molar-refractivity contribution is 5.80. The fraction of sp³-hybridized carbons (Fsp3) is 0.567. The van der Waals surface area contributed by atoms with Gasteiger partial charge >= 0.3 is 0 Å². The standard InChI is InChI=1S/C30H37FN4O4/c31-24-15-26-25(14-20(33-26)13-19-16-37-30-27(36)17-38-29(19)30)34-28(24)18-1-3-21(4-2-18)35-11-7-23(8-12-35)39-22-5-9-32-10-6-22/h1-4,14-15,19,22-23,27,29-30,32-33,36H,5-13,16-17H2/t19?,27?,29-,30-/m1/s1. The molecule has 0 saturated carbocycles. The van der Waals surface area contributed by atoms with Crippen molar-refractivity contribution in [1.82, 2.24) is 15.3 Å². The van der Waals surface area contributed by atoms with Gasteiger partial charge in [-0.25, -0.2) is 9.37 Å². The van der Waals surface area contributed by atoms with Crippen molar-refractivity contribution >= 4 is 16.7 Å². The zero-order valence-corrected chi connectivity index (χ0v) is 22.2. The Morgan fingerprint density at radius 1 is 0.974 bits per heavy atom. The van der Waals surface area contributed by atoms with E-state index in [0.717, 1.165) is 74.3 Å². The van der Waals surface area contributed by atoms with Gasteiger partial charge in [-0.3, -0.25) is 0 Å². The number of hydrogen-bond donors (Lipinski definition) is 3. The number of rotatable bonds is 6. The van der Waals surface area contributed by atoms with Crippen LogP contribution in [0.4, 0.5) is 10.1 Å². The Bertz CT molecular complexity index is 1290. The summed E-state index contributed by atoms with van der Waals surface area (Å²) in [5, 5.41) is 13.4. The van der Waals surface area contributed by atoms with Crippen LogP contribution in [-0.2, 0) is 20.6 Å². The van der Waals surface area contributed by atoms with Crippen molar-refractivity contribution in [2.45, 2.75) is 62.6 Å². The lowest BCUT2D eigenvalue weighted by atomic mass is 9.96. The average Bonchev–Trinajstić information content (AvgIpc) is 3.66. The Morgan fingerprint density at radius 3 is 2.51 bits per heavy atom. The van der Waals surface area contributed by atoms with Crippen LogP contribution in [0.25, 0.3) is 22.3 Å². The second-order valence-corrected chi connectivity index (χ2v) is 11.5. The molecule has 3 N–H and O–H groups in total. The van der Waals surface area contributed by atoms with Gasteiger partial charge in [0.2, 0.25) is 0 Å². The van der Waals surface area contributed by atoms with Gasteiger partial charge in [-0.15, -0.1) is 0 Å². The number of ether oxygens (including phenoxy) is 3. The van der Waals surface area contributed by atoms with Crippen LogP contribution in [0.2, 0.25) is 0 Å². The molecule has 2 unspecified atom stereocenters. The predicted molar refractivity (Wildman–Crippen MR) is 146 cm³/mol. The number of H-pyrrole nitrogens is 1. The van der Waals surface area contributed by atoms with E-state index in [2.05, 4.69) is 32.3 Å². The number of aliphatic hydroxyl groups is 1. The molecule has 1 aromatic carbocycles. The van der Waals surface area contributed by atoms with Gasteiger partial charge in [-0.05, 0) is 63.4 Å². The van der Waals surface area contributed by atoms with E-state index in [1.54, 1.807) is 0 Å². The SMILES string of the molecule is OC1CO[C@@H]2C(Cc3cc4nc(-c5ccc(N6CCC(OC7CCNCC7)CC6)cc5)c(F)cc4[nH]3)CO[C@H]12. The second kappa shape index (κ2) is 10.8. The van der Waals surface area contributed by atoms with Crippen LogP contribution in [0.1, 0.15) is 31.4 Å². The molecule has 3 aromatic rings. The average molecular weight is 537 g/mol. The third kappa shape index (κ3) is 5.18.